The molecule has 1 saturated heterocycles. The highest BCUT2D eigenvalue weighted by atomic mass is 35.5. The maximum absolute atomic E-state index is 12.0. The molecule has 0 aliphatic carbocycles. The van der Waals surface area contributed by atoms with Crippen molar-refractivity contribution in [3.63, 3.8) is 0 Å². The number of hydrogen-bond donors (Lipinski definition) is 1. The second-order valence-electron chi connectivity index (χ2n) is 4.95. The standard InChI is InChI=1S/C15H15ClN4O2/c16-11-2-4-13(5-3-11)22-10-14(21)20-8-12(9-20)19-15-17-6-1-7-18-15/h1-7,12H,8-10H2,(H,17,18,19). The third kappa shape index (κ3) is 3.65. The maximum atomic E-state index is 12.0. The van der Waals surface area contributed by atoms with Crippen LogP contribution in [0.5, 0.6) is 5.75 Å². The summed E-state index contributed by atoms with van der Waals surface area (Å²) in [5, 5.41) is 3.81. The molecule has 1 aliphatic rings. The summed E-state index contributed by atoms with van der Waals surface area (Å²) in [4.78, 5) is 21.9. The number of carbonyl (C=O) groups excluding carboxylic acids is 1. The molecule has 0 bridgehead atoms. The lowest BCUT2D eigenvalue weighted by Crippen LogP contribution is -2.58. The minimum atomic E-state index is -0.0398. The fraction of sp³-hybridized carbons (Fsp3) is 0.267. The topological polar surface area (TPSA) is 67.3 Å². The third-order valence-corrected chi connectivity index (χ3v) is 3.56. The molecule has 3 rings (SSSR count). The van der Waals surface area contributed by atoms with Gasteiger partial charge in [0.25, 0.3) is 5.91 Å². The molecule has 114 valence electrons. The van der Waals surface area contributed by atoms with Gasteiger partial charge in [0.15, 0.2) is 6.61 Å². The average Bonchev–Trinajstić information content (AvgIpc) is 2.50. The SMILES string of the molecule is O=C(COc1ccc(Cl)cc1)N1CC(Nc2ncccn2)C1. The Hall–Kier alpha value is -2.34. The van der Waals surface area contributed by atoms with Gasteiger partial charge in [0.1, 0.15) is 5.75 Å². The molecule has 0 atom stereocenters. The second-order valence-corrected chi connectivity index (χ2v) is 5.39. The van der Waals surface area contributed by atoms with E-state index in [1.807, 2.05) is 0 Å². The number of amides is 1. The summed E-state index contributed by atoms with van der Waals surface area (Å²) in [6, 6.07) is 8.87. The molecule has 0 unspecified atom stereocenters. The van der Waals surface area contributed by atoms with E-state index in [4.69, 9.17) is 16.3 Å². The Kier molecular flexibility index (Phi) is 4.39. The van der Waals surface area contributed by atoms with Crippen LogP contribution in [0.1, 0.15) is 0 Å². The summed E-state index contributed by atoms with van der Waals surface area (Å²) in [5.41, 5.74) is 0. The largest absolute Gasteiger partial charge is 0.484 e. The predicted molar refractivity (Wildman–Crippen MR) is 83.0 cm³/mol. The molecular formula is C15H15ClN4O2. The lowest BCUT2D eigenvalue weighted by atomic mass is 10.1. The zero-order valence-electron chi connectivity index (χ0n) is 11.8. The van der Waals surface area contributed by atoms with E-state index in [1.165, 1.54) is 0 Å². The Labute approximate surface area is 133 Å². The van der Waals surface area contributed by atoms with Crippen LogP contribution >= 0.6 is 11.6 Å². The Morgan fingerprint density at radius 1 is 1.27 bits per heavy atom. The van der Waals surface area contributed by atoms with Crippen molar-refractivity contribution >= 4 is 23.5 Å². The van der Waals surface area contributed by atoms with E-state index in [1.54, 1.807) is 47.6 Å². The van der Waals surface area contributed by atoms with E-state index in [0.717, 1.165) is 0 Å². The highest BCUT2D eigenvalue weighted by molar-refractivity contribution is 6.30. The number of halogens is 1. The molecule has 22 heavy (non-hydrogen) atoms. The molecule has 1 N–H and O–H groups in total. The van der Waals surface area contributed by atoms with Crippen molar-refractivity contribution in [1.82, 2.24) is 14.9 Å². The van der Waals surface area contributed by atoms with Crippen molar-refractivity contribution in [3.8, 4) is 5.75 Å². The Bertz CT molecular complexity index is 630. The van der Waals surface area contributed by atoms with Crippen LogP contribution in [0.3, 0.4) is 0 Å². The molecule has 2 heterocycles. The van der Waals surface area contributed by atoms with Gasteiger partial charge >= 0.3 is 0 Å². The lowest BCUT2D eigenvalue weighted by molar-refractivity contribution is -0.137. The van der Waals surface area contributed by atoms with E-state index in [9.17, 15) is 4.79 Å². The molecule has 7 heteroatoms. The first-order valence-electron chi connectivity index (χ1n) is 6.90. The second kappa shape index (κ2) is 6.62. The molecule has 1 amide bonds. The molecule has 2 aromatic rings. The summed E-state index contributed by atoms with van der Waals surface area (Å²) in [6.45, 7) is 1.28. The van der Waals surface area contributed by atoms with Crippen molar-refractivity contribution in [3.05, 3.63) is 47.7 Å². The molecular weight excluding hydrogens is 304 g/mol. The molecule has 6 nitrogen and oxygen atoms in total. The number of rotatable bonds is 5. The monoisotopic (exact) mass is 318 g/mol. The van der Waals surface area contributed by atoms with Gasteiger partial charge in [0, 0.05) is 30.5 Å². The van der Waals surface area contributed by atoms with Crippen LogP contribution < -0.4 is 10.1 Å². The minimum absolute atomic E-state index is 0.0240. The summed E-state index contributed by atoms with van der Waals surface area (Å²) in [5.74, 6) is 1.17. The predicted octanol–water partition coefficient (Wildman–Crippen LogP) is 1.83. The first-order valence-corrected chi connectivity index (χ1v) is 7.28. The van der Waals surface area contributed by atoms with Gasteiger partial charge < -0.3 is 15.0 Å². The lowest BCUT2D eigenvalue weighted by Gasteiger charge is -2.39. The number of anilines is 1. The minimum Gasteiger partial charge on any atom is -0.484 e. The first kappa shape index (κ1) is 14.6. The van der Waals surface area contributed by atoms with Crippen molar-refractivity contribution in [2.45, 2.75) is 6.04 Å². The number of aromatic nitrogens is 2. The molecule has 1 fully saturated rings. The summed E-state index contributed by atoms with van der Waals surface area (Å²) < 4.78 is 5.44. The number of nitrogens with one attached hydrogen (secondary N) is 1. The van der Waals surface area contributed by atoms with E-state index in [2.05, 4.69) is 15.3 Å². The van der Waals surface area contributed by atoms with Crippen molar-refractivity contribution in [1.29, 1.82) is 0 Å². The Balaban J connectivity index is 1.41. The quantitative estimate of drug-likeness (QED) is 0.911. The summed E-state index contributed by atoms with van der Waals surface area (Å²) in [7, 11) is 0. The smallest absolute Gasteiger partial charge is 0.260 e. The molecule has 1 aliphatic heterocycles. The van der Waals surface area contributed by atoms with Crippen LogP contribution in [-0.4, -0.2) is 46.5 Å². The average molecular weight is 319 g/mol. The zero-order valence-corrected chi connectivity index (χ0v) is 12.5. The fourth-order valence-corrected chi connectivity index (χ4v) is 2.22. The van der Waals surface area contributed by atoms with Crippen LogP contribution in [0.2, 0.25) is 5.02 Å². The van der Waals surface area contributed by atoms with Gasteiger partial charge in [-0.1, -0.05) is 11.6 Å². The summed E-state index contributed by atoms with van der Waals surface area (Å²) >= 11 is 5.79. The van der Waals surface area contributed by atoms with E-state index in [-0.39, 0.29) is 18.6 Å². The number of benzene rings is 1. The van der Waals surface area contributed by atoms with Gasteiger partial charge in [-0.15, -0.1) is 0 Å². The van der Waals surface area contributed by atoms with Gasteiger partial charge in [-0.2, -0.15) is 0 Å². The van der Waals surface area contributed by atoms with Crippen molar-refractivity contribution in [2.24, 2.45) is 0 Å². The van der Waals surface area contributed by atoms with Crippen molar-refractivity contribution < 1.29 is 9.53 Å². The van der Waals surface area contributed by atoms with Crippen molar-refractivity contribution in [2.75, 3.05) is 25.0 Å². The Morgan fingerprint density at radius 3 is 2.64 bits per heavy atom. The van der Waals surface area contributed by atoms with Crippen LogP contribution in [0, 0.1) is 0 Å². The molecule has 0 saturated carbocycles. The first-order chi connectivity index (χ1) is 10.7. The fourth-order valence-electron chi connectivity index (χ4n) is 2.10. The van der Waals surface area contributed by atoms with Crippen LogP contribution in [0.4, 0.5) is 5.95 Å². The molecule has 0 spiro atoms. The van der Waals surface area contributed by atoms with Gasteiger partial charge in [0.05, 0.1) is 6.04 Å². The van der Waals surface area contributed by atoms with Gasteiger partial charge in [-0.3, -0.25) is 4.79 Å². The van der Waals surface area contributed by atoms with Gasteiger partial charge in [-0.05, 0) is 30.3 Å². The van der Waals surface area contributed by atoms with Gasteiger partial charge in [-0.25, -0.2) is 9.97 Å². The molecule has 0 radical (unpaired) electrons. The van der Waals surface area contributed by atoms with E-state index >= 15 is 0 Å². The summed E-state index contributed by atoms with van der Waals surface area (Å²) in [6.07, 6.45) is 3.35. The number of carbonyl (C=O) groups is 1. The molecule has 1 aromatic carbocycles. The highest BCUT2D eigenvalue weighted by Crippen LogP contribution is 2.16. The van der Waals surface area contributed by atoms with Crippen LogP contribution in [-0.2, 0) is 4.79 Å². The van der Waals surface area contributed by atoms with Crippen LogP contribution in [0.15, 0.2) is 42.7 Å². The number of likely N-dealkylation sites (tertiary alicyclic amines) is 1. The maximum Gasteiger partial charge on any atom is 0.260 e. The van der Waals surface area contributed by atoms with Crippen LogP contribution in [0.25, 0.3) is 0 Å². The number of ether oxygens (including phenoxy) is 1. The normalized spacial score (nSPS) is 14.3. The third-order valence-electron chi connectivity index (χ3n) is 3.31. The van der Waals surface area contributed by atoms with E-state index in [0.29, 0.717) is 29.8 Å². The Morgan fingerprint density at radius 2 is 1.95 bits per heavy atom. The highest BCUT2D eigenvalue weighted by Gasteiger charge is 2.31. The number of nitrogens with zero attached hydrogens (tertiary/aromatic N) is 3. The zero-order chi connectivity index (χ0) is 15.4. The van der Waals surface area contributed by atoms with E-state index < -0.39 is 0 Å². The number of hydrogen-bond acceptors (Lipinski definition) is 5. The molecule has 1 aromatic heterocycles. The van der Waals surface area contributed by atoms with Gasteiger partial charge in [0.2, 0.25) is 5.95 Å².